The Hall–Kier alpha value is -4.14. The topological polar surface area (TPSA) is 81.2 Å². The number of fused-ring (bicyclic) bond motifs is 1. The van der Waals surface area contributed by atoms with Gasteiger partial charge in [-0.1, -0.05) is 49.6 Å². The molecule has 6 rings (SSSR count). The number of carbonyl (C=O) groups is 2. The number of hydrogen-bond donors (Lipinski definition) is 1. The standard InChI is InChI=1S/C23H18FN3O.C3H5F2NO.C3H6/c24-18-6-8-19(9-7-18)27-22-11-10-20(14-17(22)15-25-27)26-21(12-13-23(26)28)16-4-2-1-3-5-16;1-3(4,5)2(6)7;1-2-3-1/h1-11,14-15,21H,12-13H2;1H3,(H2,6,7);1-3H2. The highest BCUT2D eigenvalue weighted by molar-refractivity contribution is 5.98. The van der Waals surface area contributed by atoms with Crippen LogP contribution in [0.3, 0.4) is 0 Å². The molecule has 1 unspecified atom stereocenters. The number of primary amides is 1. The molecule has 38 heavy (non-hydrogen) atoms. The molecule has 2 heterocycles. The Kier molecular flexibility index (Phi) is 8.14. The first kappa shape index (κ1) is 26.9. The number of nitrogens with zero attached hydrogens (tertiary/aromatic N) is 3. The van der Waals surface area contributed by atoms with Crippen LogP contribution in [0.1, 0.15) is 50.6 Å². The first-order valence-electron chi connectivity index (χ1n) is 12.4. The molecular formula is C29H29F3N4O2. The lowest BCUT2D eigenvalue weighted by Gasteiger charge is -2.25. The molecule has 198 valence electrons. The van der Waals surface area contributed by atoms with Crippen LogP contribution in [0.4, 0.5) is 18.9 Å². The molecule has 0 bridgehead atoms. The highest BCUT2D eigenvalue weighted by atomic mass is 19.3. The van der Waals surface area contributed by atoms with Gasteiger partial charge in [-0.2, -0.15) is 13.9 Å². The minimum Gasteiger partial charge on any atom is -0.364 e. The largest absolute Gasteiger partial charge is 0.364 e. The number of anilines is 1. The molecule has 1 atom stereocenters. The van der Waals surface area contributed by atoms with E-state index in [2.05, 4.69) is 23.0 Å². The van der Waals surface area contributed by atoms with Crippen LogP contribution in [0.5, 0.6) is 0 Å². The highest BCUT2D eigenvalue weighted by Gasteiger charge is 2.33. The van der Waals surface area contributed by atoms with Crippen LogP contribution < -0.4 is 10.6 Å². The molecule has 1 aliphatic heterocycles. The van der Waals surface area contributed by atoms with Gasteiger partial charge in [0, 0.05) is 24.4 Å². The van der Waals surface area contributed by atoms with E-state index in [0.717, 1.165) is 34.3 Å². The maximum atomic E-state index is 13.2. The van der Waals surface area contributed by atoms with E-state index in [-0.39, 0.29) is 17.8 Å². The number of benzene rings is 3. The Balaban J connectivity index is 0.000000285. The molecule has 2 amide bonds. The Bertz CT molecular complexity index is 1390. The maximum Gasteiger partial charge on any atom is 0.321 e. The summed E-state index contributed by atoms with van der Waals surface area (Å²) in [6, 6.07) is 22.4. The lowest BCUT2D eigenvalue weighted by molar-refractivity contribution is -0.139. The van der Waals surface area contributed by atoms with E-state index in [4.69, 9.17) is 0 Å². The summed E-state index contributed by atoms with van der Waals surface area (Å²) in [4.78, 5) is 24.0. The van der Waals surface area contributed by atoms with Gasteiger partial charge in [0.1, 0.15) is 5.82 Å². The van der Waals surface area contributed by atoms with Crippen molar-refractivity contribution in [1.29, 1.82) is 0 Å². The van der Waals surface area contributed by atoms with Gasteiger partial charge in [0.2, 0.25) is 5.91 Å². The van der Waals surface area contributed by atoms with Crippen molar-refractivity contribution in [2.75, 3.05) is 4.90 Å². The van der Waals surface area contributed by atoms with Crippen LogP contribution in [0.15, 0.2) is 79.0 Å². The summed E-state index contributed by atoms with van der Waals surface area (Å²) in [5, 5.41) is 5.39. The third kappa shape index (κ3) is 6.59. The van der Waals surface area contributed by atoms with E-state index >= 15 is 0 Å². The molecule has 1 saturated heterocycles. The average molecular weight is 523 g/mol. The Morgan fingerprint density at radius 1 is 0.974 bits per heavy atom. The number of aromatic nitrogens is 2. The normalized spacial score (nSPS) is 16.4. The van der Waals surface area contributed by atoms with Gasteiger partial charge in [0.15, 0.2) is 0 Å². The number of nitrogens with two attached hydrogens (primary N) is 1. The van der Waals surface area contributed by atoms with Crippen LogP contribution in [0.25, 0.3) is 16.6 Å². The van der Waals surface area contributed by atoms with Crippen molar-refractivity contribution in [3.63, 3.8) is 0 Å². The van der Waals surface area contributed by atoms with E-state index < -0.39 is 11.8 Å². The molecule has 1 aromatic heterocycles. The van der Waals surface area contributed by atoms with Gasteiger partial charge >= 0.3 is 5.92 Å². The fourth-order valence-corrected chi connectivity index (χ4v) is 3.96. The summed E-state index contributed by atoms with van der Waals surface area (Å²) in [6.07, 6.45) is 7.64. The van der Waals surface area contributed by atoms with Gasteiger partial charge in [-0.3, -0.25) is 9.59 Å². The van der Waals surface area contributed by atoms with Crippen LogP contribution >= 0.6 is 0 Å². The first-order valence-corrected chi connectivity index (χ1v) is 12.4. The van der Waals surface area contributed by atoms with Crippen molar-refractivity contribution in [2.24, 2.45) is 5.73 Å². The lowest BCUT2D eigenvalue weighted by atomic mass is 10.0. The zero-order valence-corrected chi connectivity index (χ0v) is 21.0. The predicted molar refractivity (Wildman–Crippen MR) is 141 cm³/mol. The lowest BCUT2D eigenvalue weighted by Crippen LogP contribution is -2.31. The summed E-state index contributed by atoms with van der Waals surface area (Å²) in [7, 11) is 0. The monoisotopic (exact) mass is 522 g/mol. The maximum absolute atomic E-state index is 13.2. The van der Waals surface area contributed by atoms with Crippen molar-refractivity contribution < 1.29 is 22.8 Å². The fraction of sp³-hybridized carbons (Fsp3) is 0.276. The van der Waals surface area contributed by atoms with Gasteiger partial charge in [0.25, 0.3) is 5.91 Å². The molecule has 4 aromatic rings. The fourth-order valence-electron chi connectivity index (χ4n) is 3.96. The van der Waals surface area contributed by atoms with Crippen molar-refractivity contribution >= 4 is 28.4 Å². The minimum absolute atomic E-state index is 0.0540. The van der Waals surface area contributed by atoms with Crippen molar-refractivity contribution in [1.82, 2.24) is 9.78 Å². The van der Waals surface area contributed by atoms with E-state index in [0.29, 0.717) is 13.3 Å². The number of rotatable bonds is 4. The van der Waals surface area contributed by atoms with E-state index in [1.54, 1.807) is 23.0 Å². The van der Waals surface area contributed by atoms with Crippen LogP contribution in [-0.4, -0.2) is 27.5 Å². The SMILES string of the molecule is C1CC1.CC(F)(F)C(N)=O.O=C1CCC(c2ccccc2)N1c1ccc2c(cnn2-c2ccc(F)cc2)c1. The Labute approximate surface area is 218 Å². The number of halogens is 3. The third-order valence-corrected chi connectivity index (χ3v) is 6.08. The molecule has 1 saturated carbocycles. The smallest absolute Gasteiger partial charge is 0.321 e. The van der Waals surface area contributed by atoms with Crippen molar-refractivity contribution in [3.05, 3.63) is 90.4 Å². The first-order chi connectivity index (χ1) is 18.1. The molecule has 3 aromatic carbocycles. The Morgan fingerprint density at radius 3 is 2.16 bits per heavy atom. The molecule has 2 aliphatic rings. The van der Waals surface area contributed by atoms with Crippen LogP contribution in [0, 0.1) is 5.82 Å². The quantitative estimate of drug-likeness (QED) is 0.340. The van der Waals surface area contributed by atoms with Gasteiger partial charge in [-0.15, -0.1) is 0 Å². The number of amides is 2. The van der Waals surface area contributed by atoms with E-state index in [1.165, 1.54) is 31.4 Å². The number of alkyl halides is 2. The second kappa shape index (κ2) is 11.5. The molecule has 9 heteroatoms. The Morgan fingerprint density at radius 2 is 1.58 bits per heavy atom. The number of hydrogen-bond acceptors (Lipinski definition) is 3. The highest BCUT2D eigenvalue weighted by Crippen LogP contribution is 2.38. The van der Waals surface area contributed by atoms with Crippen molar-refractivity contribution in [2.45, 2.75) is 51.0 Å². The zero-order chi connectivity index (χ0) is 27.3. The van der Waals surface area contributed by atoms with Crippen LogP contribution in [-0.2, 0) is 9.59 Å². The zero-order valence-electron chi connectivity index (χ0n) is 21.0. The molecule has 2 fully saturated rings. The second-order valence-corrected chi connectivity index (χ2v) is 9.32. The van der Waals surface area contributed by atoms with Gasteiger partial charge in [0.05, 0.1) is 23.4 Å². The summed E-state index contributed by atoms with van der Waals surface area (Å²) in [6.45, 7) is 0.454. The second-order valence-electron chi connectivity index (χ2n) is 9.32. The average Bonchev–Trinajstić information content (AvgIpc) is 3.65. The van der Waals surface area contributed by atoms with Gasteiger partial charge < -0.3 is 10.6 Å². The molecular weight excluding hydrogens is 493 g/mol. The van der Waals surface area contributed by atoms with Gasteiger partial charge in [-0.05, 0) is 54.4 Å². The van der Waals surface area contributed by atoms with Crippen molar-refractivity contribution in [3.8, 4) is 5.69 Å². The van der Waals surface area contributed by atoms with E-state index in [9.17, 15) is 22.8 Å². The predicted octanol–water partition coefficient (Wildman–Crippen LogP) is 6.33. The summed E-state index contributed by atoms with van der Waals surface area (Å²) < 4.78 is 37.7. The molecule has 0 spiro atoms. The molecule has 2 N–H and O–H groups in total. The summed E-state index contributed by atoms with van der Waals surface area (Å²) in [5.41, 5.74) is 7.92. The summed E-state index contributed by atoms with van der Waals surface area (Å²) in [5.74, 6) is -5.09. The number of carbonyl (C=O) groups excluding carboxylic acids is 2. The molecule has 6 nitrogen and oxygen atoms in total. The molecule has 0 radical (unpaired) electrons. The molecule has 1 aliphatic carbocycles. The summed E-state index contributed by atoms with van der Waals surface area (Å²) >= 11 is 0. The third-order valence-electron chi connectivity index (χ3n) is 6.08. The van der Waals surface area contributed by atoms with E-state index in [1.807, 2.05) is 41.3 Å². The van der Waals surface area contributed by atoms with Gasteiger partial charge in [-0.25, -0.2) is 9.07 Å². The minimum atomic E-state index is -3.36. The van der Waals surface area contributed by atoms with Crippen LogP contribution in [0.2, 0.25) is 0 Å².